The SMILES string of the molecule is O=C(COc1ccccc1)NCc1ccc(N2CCSCC2)cc1. The molecule has 1 saturated heterocycles. The molecular weight excluding hydrogens is 320 g/mol. The predicted molar refractivity (Wildman–Crippen MR) is 99.8 cm³/mol. The molecule has 1 heterocycles. The Morgan fingerprint density at radius 1 is 1.04 bits per heavy atom. The van der Waals surface area contributed by atoms with Crippen LogP contribution in [0.2, 0.25) is 0 Å². The van der Waals surface area contributed by atoms with E-state index < -0.39 is 0 Å². The Morgan fingerprint density at radius 2 is 1.75 bits per heavy atom. The van der Waals surface area contributed by atoms with Gasteiger partial charge in [-0.05, 0) is 29.8 Å². The van der Waals surface area contributed by atoms with Crippen LogP contribution in [0.5, 0.6) is 5.75 Å². The first-order chi connectivity index (χ1) is 11.8. The molecule has 4 nitrogen and oxygen atoms in total. The predicted octanol–water partition coefficient (Wildman–Crippen LogP) is 2.94. The lowest BCUT2D eigenvalue weighted by Gasteiger charge is -2.28. The molecule has 0 unspecified atom stereocenters. The number of ether oxygens (including phenoxy) is 1. The molecule has 1 N–H and O–H groups in total. The van der Waals surface area contributed by atoms with Gasteiger partial charge in [-0.25, -0.2) is 0 Å². The van der Waals surface area contributed by atoms with Crippen LogP contribution in [0, 0.1) is 0 Å². The van der Waals surface area contributed by atoms with Crippen LogP contribution < -0.4 is 15.0 Å². The molecule has 1 aliphatic heterocycles. The van der Waals surface area contributed by atoms with Gasteiger partial charge in [-0.15, -0.1) is 0 Å². The van der Waals surface area contributed by atoms with Gasteiger partial charge in [-0.1, -0.05) is 30.3 Å². The molecule has 1 fully saturated rings. The van der Waals surface area contributed by atoms with E-state index in [4.69, 9.17) is 4.74 Å². The zero-order valence-corrected chi connectivity index (χ0v) is 14.4. The second-order valence-corrected chi connectivity index (χ2v) is 6.87. The number of carbonyl (C=O) groups is 1. The fourth-order valence-electron chi connectivity index (χ4n) is 2.56. The number of carbonyl (C=O) groups excluding carboxylic acids is 1. The molecular formula is C19H22N2O2S. The fraction of sp³-hybridized carbons (Fsp3) is 0.316. The number of hydrogen-bond acceptors (Lipinski definition) is 4. The second kappa shape index (κ2) is 8.64. The molecule has 0 aromatic heterocycles. The summed E-state index contributed by atoms with van der Waals surface area (Å²) in [5, 5.41) is 2.89. The van der Waals surface area contributed by atoms with Crippen molar-refractivity contribution in [3.05, 3.63) is 60.2 Å². The summed E-state index contributed by atoms with van der Waals surface area (Å²) in [5.41, 5.74) is 2.36. The van der Waals surface area contributed by atoms with E-state index in [2.05, 4.69) is 34.5 Å². The molecule has 0 spiro atoms. The summed E-state index contributed by atoms with van der Waals surface area (Å²) < 4.78 is 5.43. The monoisotopic (exact) mass is 342 g/mol. The largest absolute Gasteiger partial charge is 0.484 e. The van der Waals surface area contributed by atoms with E-state index in [1.165, 1.54) is 17.2 Å². The molecule has 2 aromatic carbocycles. The second-order valence-electron chi connectivity index (χ2n) is 5.64. The smallest absolute Gasteiger partial charge is 0.258 e. The van der Waals surface area contributed by atoms with E-state index in [1.807, 2.05) is 42.1 Å². The van der Waals surface area contributed by atoms with Crippen LogP contribution in [0.3, 0.4) is 0 Å². The molecule has 1 amide bonds. The van der Waals surface area contributed by atoms with Crippen molar-refractivity contribution in [2.24, 2.45) is 0 Å². The highest BCUT2D eigenvalue weighted by Gasteiger charge is 2.10. The highest BCUT2D eigenvalue weighted by Crippen LogP contribution is 2.19. The molecule has 1 aliphatic rings. The van der Waals surface area contributed by atoms with Crippen molar-refractivity contribution in [2.45, 2.75) is 6.54 Å². The Hall–Kier alpha value is -2.14. The van der Waals surface area contributed by atoms with Gasteiger partial charge in [0.1, 0.15) is 5.75 Å². The van der Waals surface area contributed by atoms with Crippen LogP contribution in [0.1, 0.15) is 5.56 Å². The molecule has 24 heavy (non-hydrogen) atoms. The van der Waals surface area contributed by atoms with E-state index >= 15 is 0 Å². The molecule has 0 saturated carbocycles. The number of amides is 1. The number of rotatable bonds is 6. The van der Waals surface area contributed by atoms with Gasteiger partial charge in [0.05, 0.1) is 0 Å². The highest BCUT2D eigenvalue weighted by atomic mass is 32.2. The molecule has 2 aromatic rings. The number of nitrogens with zero attached hydrogens (tertiary/aromatic N) is 1. The number of benzene rings is 2. The van der Waals surface area contributed by atoms with Gasteiger partial charge in [-0.2, -0.15) is 11.8 Å². The molecule has 126 valence electrons. The van der Waals surface area contributed by atoms with Gasteiger partial charge in [0.2, 0.25) is 0 Å². The molecule has 0 aliphatic carbocycles. The van der Waals surface area contributed by atoms with Gasteiger partial charge in [0.15, 0.2) is 6.61 Å². The van der Waals surface area contributed by atoms with E-state index in [1.54, 1.807) is 0 Å². The standard InChI is InChI=1S/C19H22N2O2S/c22-19(15-23-18-4-2-1-3-5-18)20-14-16-6-8-17(9-7-16)21-10-12-24-13-11-21/h1-9H,10-15H2,(H,20,22). The maximum atomic E-state index is 11.9. The van der Waals surface area contributed by atoms with Crippen molar-refractivity contribution in [1.29, 1.82) is 0 Å². The van der Waals surface area contributed by atoms with Gasteiger partial charge < -0.3 is 15.0 Å². The maximum Gasteiger partial charge on any atom is 0.258 e. The summed E-state index contributed by atoms with van der Waals surface area (Å²) in [6.45, 7) is 2.77. The Labute approximate surface area is 147 Å². The third kappa shape index (κ3) is 4.93. The lowest BCUT2D eigenvalue weighted by molar-refractivity contribution is -0.123. The summed E-state index contributed by atoms with van der Waals surface area (Å²) in [4.78, 5) is 14.3. The quantitative estimate of drug-likeness (QED) is 0.876. The lowest BCUT2D eigenvalue weighted by atomic mass is 10.2. The normalized spacial score (nSPS) is 14.2. The molecule has 5 heteroatoms. The summed E-state index contributed by atoms with van der Waals surface area (Å²) in [6, 6.07) is 17.8. The number of hydrogen-bond donors (Lipinski definition) is 1. The minimum absolute atomic E-state index is 0.0353. The molecule has 0 bridgehead atoms. The summed E-state index contributed by atoms with van der Waals surface area (Å²) in [5.74, 6) is 2.98. The van der Waals surface area contributed by atoms with Crippen molar-refractivity contribution in [3.63, 3.8) is 0 Å². The minimum Gasteiger partial charge on any atom is -0.484 e. The van der Waals surface area contributed by atoms with Crippen LogP contribution in [0.15, 0.2) is 54.6 Å². The summed E-state index contributed by atoms with van der Waals surface area (Å²) in [7, 11) is 0. The molecule has 0 atom stereocenters. The van der Waals surface area contributed by atoms with Crippen LogP contribution in [-0.4, -0.2) is 37.1 Å². The first-order valence-electron chi connectivity index (χ1n) is 8.17. The molecule has 0 radical (unpaired) electrons. The van der Waals surface area contributed by atoms with Crippen molar-refractivity contribution < 1.29 is 9.53 Å². The van der Waals surface area contributed by atoms with Crippen LogP contribution in [0.25, 0.3) is 0 Å². The first kappa shape index (κ1) is 16.7. The fourth-order valence-corrected chi connectivity index (χ4v) is 3.47. The average Bonchev–Trinajstić information content (AvgIpc) is 2.67. The van der Waals surface area contributed by atoms with Crippen LogP contribution >= 0.6 is 11.8 Å². The Balaban J connectivity index is 1.43. The van der Waals surface area contributed by atoms with Gasteiger partial charge >= 0.3 is 0 Å². The molecule has 3 rings (SSSR count). The third-order valence-electron chi connectivity index (χ3n) is 3.92. The van der Waals surface area contributed by atoms with E-state index in [0.29, 0.717) is 12.3 Å². The number of anilines is 1. The lowest BCUT2D eigenvalue weighted by Crippen LogP contribution is -2.32. The average molecular weight is 342 g/mol. The zero-order chi connectivity index (χ0) is 16.6. The third-order valence-corrected chi connectivity index (χ3v) is 4.86. The van der Waals surface area contributed by atoms with E-state index in [0.717, 1.165) is 18.7 Å². The Morgan fingerprint density at radius 3 is 2.46 bits per heavy atom. The van der Waals surface area contributed by atoms with Crippen molar-refractivity contribution in [2.75, 3.05) is 36.1 Å². The summed E-state index contributed by atoms with van der Waals surface area (Å²) >= 11 is 2.01. The van der Waals surface area contributed by atoms with Gasteiger partial charge in [0, 0.05) is 36.8 Å². The highest BCUT2D eigenvalue weighted by molar-refractivity contribution is 7.99. The van der Waals surface area contributed by atoms with Gasteiger partial charge in [0.25, 0.3) is 5.91 Å². The number of nitrogens with one attached hydrogen (secondary N) is 1. The van der Waals surface area contributed by atoms with Crippen LogP contribution in [0.4, 0.5) is 5.69 Å². The Bertz CT molecular complexity index is 640. The number of thioether (sulfide) groups is 1. The minimum atomic E-state index is -0.115. The zero-order valence-electron chi connectivity index (χ0n) is 13.6. The van der Waals surface area contributed by atoms with Crippen LogP contribution in [-0.2, 0) is 11.3 Å². The maximum absolute atomic E-state index is 11.9. The van der Waals surface area contributed by atoms with Gasteiger partial charge in [-0.3, -0.25) is 4.79 Å². The number of para-hydroxylation sites is 1. The van der Waals surface area contributed by atoms with Crippen molar-refractivity contribution >= 4 is 23.4 Å². The van der Waals surface area contributed by atoms with E-state index in [-0.39, 0.29) is 12.5 Å². The van der Waals surface area contributed by atoms with E-state index in [9.17, 15) is 4.79 Å². The Kier molecular flexibility index (Phi) is 6.01. The van der Waals surface area contributed by atoms with Crippen molar-refractivity contribution in [1.82, 2.24) is 5.32 Å². The first-order valence-corrected chi connectivity index (χ1v) is 9.33. The van der Waals surface area contributed by atoms with Crippen molar-refractivity contribution in [3.8, 4) is 5.75 Å². The summed E-state index contributed by atoms with van der Waals surface area (Å²) in [6.07, 6.45) is 0. The topological polar surface area (TPSA) is 41.6 Å².